The third-order valence-corrected chi connectivity index (χ3v) is 7.92. The first-order valence-corrected chi connectivity index (χ1v) is 13.2. The predicted octanol–water partition coefficient (Wildman–Crippen LogP) is 3.91. The van der Waals surface area contributed by atoms with E-state index in [0.29, 0.717) is 22.0 Å². The molecule has 172 valence electrons. The zero-order chi connectivity index (χ0) is 23.8. The van der Waals surface area contributed by atoms with Crippen molar-refractivity contribution in [1.29, 1.82) is 0 Å². The van der Waals surface area contributed by atoms with Gasteiger partial charge < -0.3 is 18.4 Å². The number of rotatable bonds is 8. The van der Waals surface area contributed by atoms with Crippen LogP contribution in [0.3, 0.4) is 0 Å². The van der Waals surface area contributed by atoms with E-state index in [1.807, 2.05) is 17.5 Å². The van der Waals surface area contributed by atoms with Crippen molar-refractivity contribution in [3.05, 3.63) is 71.2 Å². The van der Waals surface area contributed by atoms with Crippen molar-refractivity contribution < 1.29 is 31.3 Å². The molecule has 0 amide bonds. The number of nitrogens with zero attached hydrogens (tertiary/aromatic N) is 1. The molecule has 0 aliphatic heterocycles. The van der Waals surface area contributed by atoms with Crippen molar-refractivity contribution in [2.75, 3.05) is 0 Å². The smallest absolute Gasteiger partial charge is 0.341 e. The molecular formula is C22H18NO7S3-. The minimum Gasteiger partial charge on any atom is -0.772 e. The average Bonchev–Trinajstić information content (AvgIpc) is 3.36. The zero-order valence-electron chi connectivity index (χ0n) is 17.3. The van der Waals surface area contributed by atoms with E-state index >= 15 is 0 Å². The number of carboxylic acids is 1. The van der Waals surface area contributed by atoms with E-state index < -0.39 is 33.7 Å². The van der Waals surface area contributed by atoms with Gasteiger partial charge in [-0.2, -0.15) is 8.42 Å². The molecule has 0 aliphatic rings. The standard InChI is InChI=1S/C22H19NO7S3/c1-14-22(33(28,29)30-16-9-7-15(8-10-16)13-32(26)27)21-17(19-6-3-11-31-19)4-2-5-18(21)23(14)12-20(24)25/h2-11H,12-13H2,1H3,(H,24,25)(H,26,27)/p-1. The third kappa shape index (κ3) is 4.71. The Kier molecular flexibility index (Phi) is 6.39. The summed E-state index contributed by atoms with van der Waals surface area (Å²) in [5.74, 6) is -1.28. The molecule has 11 heteroatoms. The van der Waals surface area contributed by atoms with E-state index in [1.165, 1.54) is 40.2 Å². The van der Waals surface area contributed by atoms with Crippen LogP contribution in [0.5, 0.6) is 5.75 Å². The molecule has 4 aromatic rings. The molecule has 8 nitrogen and oxygen atoms in total. The van der Waals surface area contributed by atoms with Crippen LogP contribution >= 0.6 is 11.3 Å². The second-order valence-electron chi connectivity index (χ2n) is 7.20. The van der Waals surface area contributed by atoms with Crippen LogP contribution in [-0.2, 0) is 38.3 Å². The van der Waals surface area contributed by atoms with Crippen LogP contribution < -0.4 is 4.18 Å². The molecule has 2 aromatic carbocycles. The molecule has 1 unspecified atom stereocenters. The second kappa shape index (κ2) is 9.10. The van der Waals surface area contributed by atoms with Gasteiger partial charge in [-0.15, -0.1) is 11.3 Å². The lowest BCUT2D eigenvalue weighted by Crippen LogP contribution is -2.13. The van der Waals surface area contributed by atoms with Gasteiger partial charge in [0.25, 0.3) is 0 Å². The van der Waals surface area contributed by atoms with E-state index in [4.69, 9.17) is 4.18 Å². The highest BCUT2D eigenvalue weighted by molar-refractivity contribution is 7.87. The van der Waals surface area contributed by atoms with Crippen molar-refractivity contribution in [2.24, 2.45) is 0 Å². The van der Waals surface area contributed by atoms with Gasteiger partial charge in [0, 0.05) is 27.3 Å². The van der Waals surface area contributed by atoms with E-state index in [9.17, 15) is 27.1 Å². The van der Waals surface area contributed by atoms with Gasteiger partial charge in [0.15, 0.2) is 0 Å². The van der Waals surface area contributed by atoms with Crippen LogP contribution in [0.15, 0.2) is 64.9 Å². The minimum absolute atomic E-state index is 0.0163. The van der Waals surface area contributed by atoms with Crippen LogP contribution in [0.2, 0.25) is 0 Å². The van der Waals surface area contributed by atoms with Gasteiger partial charge in [-0.3, -0.25) is 9.00 Å². The lowest BCUT2D eigenvalue weighted by atomic mass is 10.1. The third-order valence-electron chi connectivity index (χ3n) is 5.04. The molecule has 2 aromatic heterocycles. The Morgan fingerprint density at radius 2 is 1.88 bits per heavy atom. The highest BCUT2D eigenvalue weighted by Gasteiger charge is 2.30. The first kappa shape index (κ1) is 23.2. The van der Waals surface area contributed by atoms with Gasteiger partial charge in [-0.05, 0) is 42.1 Å². The van der Waals surface area contributed by atoms with Gasteiger partial charge in [-0.1, -0.05) is 41.4 Å². The maximum atomic E-state index is 13.4. The highest BCUT2D eigenvalue weighted by atomic mass is 32.2. The van der Waals surface area contributed by atoms with Crippen LogP contribution in [0.25, 0.3) is 21.3 Å². The average molecular weight is 505 g/mol. The molecule has 0 spiro atoms. The van der Waals surface area contributed by atoms with E-state index in [2.05, 4.69) is 0 Å². The Morgan fingerprint density at radius 3 is 2.48 bits per heavy atom. The molecule has 1 atom stereocenters. The summed E-state index contributed by atoms with van der Waals surface area (Å²) in [7, 11) is -4.37. The van der Waals surface area contributed by atoms with E-state index in [-0.39, 0.29) is 22.1 Å². The molecular weight excluding hydrogens is 486 g/mol. The Bertz CT molecular complexity index is 1450. The molecule has 4 rings (SSSR count). The summed E-state index contributed by atoms with van der Waals surface area (Å²) < 4.78 is 55.4. The van der Waals surface area contributed by atoms with Crippen molar-refractivity contribution in [2.45, 2.75) is 24.1 Å². The molecule has 0 saturated heterocycles. The lowest BCUT2D eigenvalue weighted by Gasteiger charge is -2.10. The topological polar surface area (TPSA) is 126 Å². The van der Waals surface area contributed by atoms with Gasteiger partial charge in [0.05, 0.1) is 5.52 Å². The fourth-order valence-electron chi connectivity index (χ4n) is 3.72. The number of hydrogen-bond donors (Lipinski definition) is 1. The molecule has 1 N–H and O–H groups in total. The fraction of sp³-hybridized carbons (Fsp3) is 0.136. The Morgan fingerprint density at radius 1 is 1.15 bits per heavy atom. The summed E-state index contributed by atoms with van der Waals surface area (Å²) in [5.41, 5.74) is 1.86. The summed E-state index contributed by atoms with van der Waals surface area (Å²) in [6.45, 7) is 1.14. The first-order valence-electron chi connectivity index (χ1n) is 9.64. The van der Waals surface area contributed by atoms with Gasteiger partial charge >= 0.3 is 16.1 Å². The summed E-state index contributed by atoms with van der Waals surface area (Å²) >= 11 is -0.831. The molecule has 33 heavy (non-hydrogen) atoms. The van der Waals surface area contributed by atoms with Crippen LogP contribution in [-0.4, -0.2) is 32.8 Å². The van der Waals surface area contributed by atoms with Crippen molar-refractivity contribution >= 4 is 49.4 Å². The summed E-state index contributed by atoms with van der Waals surface area (Å²) in [6.07, 6.45) is 0. The maximum Gasteiger partial charge on any atom is 0.341 e. The zero-order valence-corrected chi connectivity index (χ0v) is 19.7. The number of carbonyl (C=O) groups is 1. The normalized spacial score (nSPS) is 12.7. The summed E-state index contributed by atoms with van der Waals surface area (Å²) in [6, 6.07) is 14.6. The summed E-state index contributed by atoms with van der Waals surface area (Å²) in [4.78, 5) is 12.2. The molecule has 0 radical (unpaired) electrons. The first-order chi connectivity index (χ1) is 15.7. The number of carboxylic acid groups (broad SMARTS) is 1. The number of aromatic nitrogens is 1. The Balaban J connectivity index is 1.87. The van der Waals surface area contributed by atoms with E-state index in [0.717, 1.165) is 4.88 Å². The molecule has 0 fully saturated rings. The van der Waals surface area contributed by atoms with Gasteiger partial charge in [0.2, 0.25) is 0 Å². The number of benzene rings is 2. The minimum atomic E-state index is -4.37. The van der Waals surface area contributed by atoms with Gasteiger partial charge in [-0.25, -0.2) is 0 Å². The largest absolute Gasteiger partial charge is 0.772 e. The predicted molar refractivity (Wildman–Crippen MR) is 125 cm³/mol. The second-order valence-corrected chi connectivity index (χ2v) is 10.5. The van der Waals surface area contributed by atoms with Gasteiger partial charge in [0.1, 0.15) is 17.2 Å². The highest BCUT2D eigenvalue weighted by Crippen LogP contribution is 2.39. The van der Waals surface area contributed by atoms with E-state index in [1.54, 1.807) is 25.1 Å². The Labute approximate surface area is 196 Å². The number of hydrogen-bond acceptors (Lipinski definition) is 7. The lowest BCUT2D eigenvalue weighted by molar-refractivity contribution is -0.137. The van der Waals surface area contributed by atoms with Crippen LogP contribution in [0.4, 0.5) is 0 Å². The quantitative estimate of drug-likeness (QED) is 0.285. The van der Waals surface area contributed by atoms with Crippen LogP contribution in [0, 0.1) is 6.92 Å². The number of aliphatic carboxylic acids is 1. The molecule has 0 bridgehead atoms. The Hall–Kier alpha value is -2.99. The number of fused-ring (bicyclic) bond motifs is 1. The maximum absolute atomic E-state index is 13.4. The molecule has 0 aliphatic carbocycles. The van der Waals surface area contributed by atoms with Crippen molar-refractivity contribution in [3.63, 3.8) is 0 Å². The van der Waals surface area contributed by atoms with Crippen molar-refractivity contribution in [1.82, 2.24) is 4.57 Å². The van der Waals surface area contributed by atoms with Crippen LogP contribution in [0.1, 0.15) is 11.3 Å². The fourth-order valence-corrected chi connectivity index (χ4v) is 6.32. The molecule has 2 heterocycles. The summed E-state index contributed by atoms with van der Waals surface area (Å²) in [5, 5.41) is 11.7. The van der Waals surface area contributed by atoms with Crippen molar-refractivity contribution in [3.8, 4) is 16.2 Å². The SMILES string of the molecule is Cc1c(S(=O)(=O)Oc2ccc(CS(=O)[O-])cc2)c2c(-c3cccs3)cccc2n1CC(=O)O. The molecule has 0 saturated carbocycles. The monoisotopic (exact) mass is 504 g/mol. The number of thiophene rings is 1.